The standard InChI is InChI=1S/C20H20FN3O4S/c1-12-11-15(9-10-17(12)27-4)29(25,26)24-19-13(2)22-20(23-14(19)3)28-18-8-6-5-7-16(18)21/h5-11,24H,1-4H3. The first-order valence-corrected chi connectivity index (χ1v) is 10.1. The van der Waals surface area contributed by atoms with Crippen LogP contribution in [0, 0.1) is 26.6 Å². The molecule has 0 fully saturated rings. The Morgan fingerprint density at radius 3 is 2.21 bits per heavy atom. The summed E-state index contributed by atoms with van der Waals surface area (Å²) >= 11 is 0. The third-order valence-electron chi connectivity index (χ3n) is 4.20. The van der Waals surface area contributed by atoms with Crippen molar-refractivity contribution < 1.29 is 22.3 Å². The lowest BCUT2D eigenvalue weighted by molar-refractivity contribution is 0.409. The lowest BCUT2D eigenvalue weighted by Gasteiger charge is -2.14. The third-order valence-corrected chi connectivity index (χ3v) is 5.55. The molecule has 3 rings (SSSR count). The van der Waals surface area contributed by atoms with Gasteiger partial charge in [0, 0.05) is 0 Å². The molecule has 7 nitrogen and oxygen atoms in total. The highest BCUT2D eigenvalue weighted by molar-refractivity contribution is 7.92. The quantitative estimate of drug-likeness (QED) is 0.648. The third kappa shape index (κ3) is 4.45. The van der Waals surface area contributed by atoms with E-state index in [9.17, 15) is 12.8 Å². The summed E-state index contributed by atoms with van der Waals surface area (Å²) in [6.45, 7) is 4.98. The number of benzene rings is 2. The fourth-order valence-electron chi connectivity index (χ4n) is 2.72. The SMILES string of the molecule is COc1ccc(S(=O)(=O)Nc2c(C)nc(Oc3ccccc3F)nc2C)cc1C. The van der Waals surface area contributed by atoms with Gasteiger partial charge in [-0.1, -0.05) is 12.1 Å². The van der Waals surface area contributed by atoms with E-state index < -0.39 is 15.8 Å². The largest absolute Gasteiger partial charge is 0.496 e. The molecule has 0 spiro atoms. The second-order valence-corrected chi connectivity index (χ2v) is 8.00. The van der Waals surface area contributed by atoms with Crippen molar-refractivity contribution >= 4 is 15.7 Å². The maximum absolute atomic E-state index is 13.8. The fraction of sp³-hybridized carbons (Fsp3) is 0.200. The second kappa shape index (κ2) is 8.04. The number of sulfonamides is 1. The van der Waals surface area contributed by atoms with E-state index in [1.165, 1.54) is 37.4 Å². The van der Waals surface area contributed by atoms with Crippen LogP contribution in [0.15, 0.2) is 47.4 Å². The van der Waals surface area contributed by atoms with Crippen LogP contribution in [-0.4, -0.2) is 25.5 Å². The maximum Gasteiger partial charge on any atom is 0.322 e. The van der Waals surface area contributed by atoms with E-state index in [2.05, 4.69) is 14.7 Å². The highest BCUT2D eigenvalue weighted by atomic mass is 32.2. The summed E-state index contributed by atoms with van der Waals surface area (Å²) in [6.07, 6.45) is 0. The fourth-order valence-corrected chi connectivity index (χ4v) is 3.98. The predicted octanol–water partition coefficient (Wildman–Crippen LogP) is 4.14. The number of aryl methyl sites for hydroxylation is 3. The van der Waals surface area contributed by atoms with Crippen LogP contribution >= 0.6 is 0 Å². The molecule has 0 saturated heterocycles. The first-order chi connectivity index (χ1) is 13.7. The first-order valence-electron chi connectivity index (χ1n) is 8.66. The van der Waals surface area contributed by atoms with Crippen molar-refractivity contribution in [3.63, 3.8) is 0 Å². The normalized spacial score (nSPS) is 11.2. The van der Waals surface area contributed by atoms with Gasteiger partial charge < -0.3 is 9.47 Å². The van der Waals surface area contributed by atoms with Crippen LogP contribution in [-0.2, 0) is 10.0 Å². The molecule has 1 N–H and O–H groups in total. The van der Waals surface area contributed by atoms with E-state index in [-0.39, 0.29) is 22.3 Å². The molecule has 0 atom stereocenters. The topological polar surface area (TPSA) is 90.4 Å². The number of halogens is 1. The van der Waals surface area contributed by atoms with Gasteiger partial charge in [0.15, 0.2) is 11.6 Å². The number of hydrogen-bond donors (Lipinski definition) is 1. The lowest BCUT2D eigenvalue weighted by Crippen LogP contribution is -2.16. The van der Waals surface area contributed by atoms with Gasteiger partial charge in [-0.15, -0.1) is 0 Å². The van der Waals surface area contributed by atoms with Crippen molar-refractivity contribution in [2.75, 3.05) is 11.8 Å². The van der Waals surface area contributed by atoms with Crippen molar-refractivity contribution in [2.24, 2.45) is 0 Å². The lowest BCUT2D eigenvalue weighted by atomic mass is 10.2. The summed E-state index contributed by atoms with van der Waals surface area (Å²) in [4.78, 5) is 8.38. The number of rotatable bonds is 6. The van der Waals surface area contributed by atoms with Crippen molar-refractivity contribution in [3.05, 3.63) is 65.2 Å². The average Bonchev–Trinajstić information content (AvgIpc) is 2.66. The molecule has 29 heavy (non-hydrogen) atoms. The van der Waals surface area contributed by atoms with Crippen LogP contribution in [0.25, 0.3) is 0 Å². The van der Waals surface area contributed by atoms with E-state index in [4.69, 9.17) is 9.47 Å². The molecule has 1 heterocycles. The van der Waals surface area contributed by atoms with Gasteiger partial charge in [-0.3, -0.25) is 4.72 Å². The molecule has 3 aromatic rings. The van der Waals surface area contributed by atoms with Crippen LogP contribution in [0.5, 0.6) is 17.5 Å². The van der Waals surface area contributed by atoms with E-state index in [1.54, 1.807) is 32.9 Å². The minimum atomic E-state index is -3.87. The van der Waals surface area contributed by atoms with Crippen molar-refractivity contribution in [3.8, 4) is 17.5 Å². The molecule has 2 aromatic carbocycles. The molecule has 0 amide bonds. The first kappa shape index (κ1) is 20.5. The molecule has 152 valence electrons. The van der Waals surface area contributed by atoms with E-state index in [0.29, 0.717) is 22.7 Å². The molecule has 0 aliphatic rings. The zero-order chi connectivity index (χ0) is 21.2. The minimum Gasteiger partial charge on any atom is -0.496 e. The molecular formula is C20H20FN3O4S. The highest BCUT2D eigenvalue weighted by Crippen LogP contribution is 2.28. The van der Waals surface area contributed by atoms with Gasteiger partial charge in [-0.05, 0) is 56.7 Å². The number of nitrogens with one attached hydrogen (secondary N) is 1. The van der Waals surface area contributed by atoms with Crippen LogP contribution in [0.3, 0.4) is 0 Å². The molecule has 0 bridgehead atoms. The molecule has 1 aromatic heterocycles. The number of hydrogen-bond acceptors (Lipinski definition) is 6. The summed E-state index contributed by atoms with van der Waals surface area (Å²) < 4.78 is 52.4. The zero-order valence-electron chi connectivity index (χ0n) is 16.4. The van der Waals surface area contributed by atoms with E-state index in [1.807, 2.05) is 0 Å². The average molecular weight is 417 g/mol. The smallest absolute Gasteiger partial charge is 0.322 e. The maximum atomic E-state index is 13.8. The highest BCUT2D eigenvalue weighted by Gasteiger charge is 2.20. The van der Waals surface area contributed by atoms with Crippen LogP contribution in [0.2, 0.25) is 0 Å². The van der Waals surface area contributed by atoms with Crippen molar-refractivity contribution in [2.45, 2.75) is 25.7 Å². The number of aromatic nitrogens is 2. The molecule has 0 saturated carbocycles. The van der Waals surface area contributed by atoms with Crippen molar-refractivity contribution in [1.29, 1.82) is 0 Å². The molecule has 0 radical (unpaired) electrons. The van der Waals surface area contributed by atoms with Crippen LogP contribution in [0.4, 0.5) is 10.1 Å². The Bertz CT molecular complexity index is 1140. The zero-order valence-corrected chi connectivity index (χ0v) is 17.2. The van der Waals surface area contributed by atoms with E-state index in [0.717, 1.165) is 0 Å². The Morgan fingerprint density at radius 1 is 0.966 bits per heavy atom. The van der Waals surface area contributed by atoms with Crippen molar-refractivity contribution in [1.82, 2.24) is 9.97 Å². The Hall–Kier alpha value is -3.20. The van der Waals surface area contributed by atoms with E-state index >= 15 is 0 Å². The monoisotopic (exact) mass is 417 g/mol. The predicted molar refractivity (Wildman–Crippen MR) is 107 cm³/mol. The Morgan fingerprint density at radius 2 is 1.62 bits per heavy atom. The molecule has 0 aliphatic heterocycles. The Labute approximate surface area is 168 Å². The second-order valence-electron chi connectivity index (χ2n) is 6.32. The van der Waals surface area contributed by atoms with Gasteiger partial charge >= 0.3 is 6.01 Å². The van der Waals surface area contributed by atoms with Gasteiger partial charge in [0.05, 0.1) is 29.1 Å². The Balaban J connectivity index is 1.89. The van der Waals surface area contributed by atoms with Gasteiger partial charge in [-0.2, -0.15) is 9.97 Å². The van der Waals surface area contributed by atoms with Gasteiger partial charge in [0.1, 0.15) is 5.75 Å². The summed E-state index contributed by atoms with van der Waals surface area (Å²) in [5.74, 6) is 0.0219. The number of methoxy groups -OCH3 is 1. The van der Waals surface area contributed by atoms with Crippen LogP contribution in [0.1, 0.15) is 17.0 Å². The molecule has 9 heteroatoms. The van der Waals surface area contributed by atoms with Gasteiger partial charge in [0.25, 0.3) is 10.0 Å². The Kier molecular flexibility index (Phi) is 5.69. The number of ether oxygens (including phenoxy) is 2. The van der Waals surface area contributed by atoms with Gasteiger partial charge in [0.2, 0.25) is 0 Å². The van der Waals surface area contributed by atoms with Gasteiger partial charge in [-0.25, -0.2) is 12.8 Å². The number of nitrogens with zero attached hydrogens (tertiary/aromatic N) is 2. The summed E-state index contributed by atoms with van der Waals surface area (Å²) in [7, 11) is -2.35. The van der Waals surface area contributed by atoms with Crippen LogP contribution < -0.4 is 14.2 Å². The molecule has 0 unspecified atom stereocenters. The molecular weight excluding hydrogens is 397 g/mol. The summed E-state index contributed by atoms with van der Waals surface area (Å²) in [5, 5.41) is 0. The minimum absolute atomic E-state index is 0.0201. The number of anilines is 1. The summed E-state index contributed by atoms with van der Waals surface area (Å²) in [5.41, 5.74) is 1.61. The number of para-hydroxylation sites is 1. The molecule has 0 aliphatic carbocycles. The summed E-state index contributed by atoms with van der Waals surface area (Å²) in [6, 6.07) is 10.4.